The molecular weight excluding hydrogens is 538 g/mol. The van der Waals surface area contributed by atoms with E-state index in [0.29, 0.717) is 40.3 Å². The summed E-state index contributed by atoms with van der Waals surface area (Å²) in [7, 11) is 0. The molecule has 2 aromatic carbocycles. The molecule has 0 aliphatic carbocycles. The first-order valence-corrected chi connectivity index (χ1v) is 15.0. The van der Waals surface area contributed by atoms with Gasteiger partial charge < -0.3 is 20.1 Å². The predicted molar refractivity (Wildman–Crippen MR) is 159 cm³/mol. The number of halogens is 2. The molecule has 8 nitrogen and oxygen atoms in total. The highest BCUT2D eigenvalue weighted by molar-refractivity contribution is 6.01. The molecule has 220 valence electrons. The molecule has 0 amide bonds. The van der Waals surface area contributed by atoms with Crippen LogP contribution in [-0.4, -0.2) is 75.9 Å². The van der Waals surface area contributed by atoms with Crippen molar-refractivity contribution in [2.45, 2.75) is 57.3 Å². The molecular formula is C32H36F2N6O2. The second-order valence-corrected chi connectivity index (χ2v) is 11.9. The zero-order valence-corrected chi connectivity index (χ0v) is 23.9. The molecule has 4 aromatic rings. The van der Waals surface area contributed by atoms with E-state index in [-0.39, 0.29) is 33.9 Å². The number of piperazine rings is 1. The Labute approximate surface area is 243 Å². The number of ether oxygens (including phenoxy) is 1. The van der Waals surface area contributed by atoms with Crippen LogP contribution in [0.5, 0.6) is 11.8 Å². The van der Waals surface area contributed by atoms with Gasteiger partial charge >= 0.3 is 6.01 Å². The van der Waals surface area contributed by atoms with Crippen molar-refractivity contribution in [2.24, 2.45) is 0 Å². The summed E-state index contributed by atoms with van der Waals surface area (Å²) in [6.45, 7) is 6.21. The van der Waals surface area contributed by atoms with Gasteiger partial charge in [0.25, 0.3) is 0 Å². The molecule has 3 aliphatic heterocycles. The van der Waals surface area contributed by atoms with Crippen molar-refractivity contribution >= 4 is 27.5 Å². The Morgan fingerprint density at radius 2 is 1.98 bits per heavy atom. The van der Waals surface area contributed by atoms with Crippen molar-refractivity contribution in [3.63, 3.8) is 0 Å². The largest absolute Gasteiger partial charge is 0.508 e. The monoisotopic (exact) mass is 574 g/mol. The predicted octanol–water partition coefficient (Wildman–Crippen LogP) is 5.35. The van der Waals surface area contributed by atoms with Crippen LogP contribution in [0.4, 0.5) is 14.6 Å². The van der Waals surface area contributed by atoms with Crippen LogP contribution in [0, 0.1) is 5.82 Å². The number of hydrogen-bond acceptors (Lipinski definition) is 8. The number of nitrogens with zero attached hydrogens (tertiary/aromatic N) is 5. The highest BCUT2D eigenvalue weighted by Crippen LogP contribution is 2.41. The smallest absolute Gasteiger partial charge is 0.319 e. The van der Waals surface area contributed by atoms with E-state index < -0.39 is 12.5 Å². The van der Waals surface area contributed by atoms with Crippen LogP contribution in [0.1, 0.15) is 44.6 Å². The quantitative estimate of drug-likeness (QED) is 0.305. The molecule has 0 saturated carbocycles. The lowest BCUT2D eigenvalue weighted by atomic mass is 9.95. The number of hydrogen-bond donors (Lipinski definition) is 2. The fraction of sp³-hybridized carbons (Fsp3) is 0.469. The Kier molecular flexibility index (Phi) is 7.06. The van der Waals surface area contributed by atoms with Crippen LogP contribution in [0.15, 0.2) is 36.5 Å². The van der Waals surface area contributed by atoms with Gasteiger partial charge in [-0.3, -0.25) is 9.88 Å². The average molecular weight is 575 g/mol. The van der Waals surface area contributed by atoms with Crippen molar-refractivity contribution in [1.82, 2.24) is 25.2 Å². The normalized spacial score (nSPS) is 20.5. The zero-order chi connectivity index (χ0) is 28.8. The number of fused-ring (bicyclic) bond motifs is 3. The molecule has 3 saturated heterocycles. The first kappa shape index (κ1) is 27.2. The minimum absolute atomic E-state index is 0.00512. The van der Waals surface area contributed by atoms with Crippen molar-refractivity contribution < 1.29 is 18.6 Å². The van der Waals surface area contributed by atoms with Crippen molar-refractivity contribution in [2.75, 3.05) is 44.2 Å². The van der Waals surface area contributed by atoms with Crippen LogP contribution >= 0.6 is 0 Å². The number of nitrogens with one attached hydrogen (secondary N) is 1. The number of rotatable bonds is 7. The van der Waals surface area contributed by atoms with Gasteiger partial charge in [-0.25, -0.2) is 8.78 Å². The van der Waals surface area contributed by atoms with E-state index in [1.807, 2.05) is 0 Å². The van der Waals surface area contributed by atoms with Crippen LogP contribution in [0.2, 0.25) is 0 Å². The number of alkyl halides is 1. The molecule has 0 spiro atoms. The van der Waals surface area contributed by atoms with Crippen molar-refractivity contribution in [3.05, 3.63) is 47.9 Å². The van der Waals surface area contributed by atoms with Crippen molar-refractivity contribution in [1.29, 1.82) is 0 Å². The number of benzene rings is 2. The van der Waals surface area contributed by atoms with E-state index >= 15 is 8.78 Å². The summed E-state index contributed by atoms with van der Waals surface area (Å²) in [5.74, 6) is 0.151. The first-order chi connectivity index (χ1) is 20.5. The Hall–Kier alpha value is -3.63. The Bertz CT molecular complexity index is 1640. The van der Waals surface area contributed by atoms with Gasteiger partial charge in [0.2, 0.25) is 0 Å². The van der Waals surface area contributed by atoms with Crippen LogP contribution in [0.3, 0.4) is 0 Å². The maximum absolute atomic E-state index is 15.1. The third-order valence-electron chi connectivity index (χ3n) is 9.43. The molecule has 10 heteroatoms. The summed E-state index contributed by atoms with van der Waals surface area (Å²) in [5.41, 5.74) is 1.19. The standard InChI is InChI=1S/C32H36F2N6O2/c1-2-21-18-39(13-10-35-21)30-25-17-36-28(23-15-22(41)14-20-6-3-7-26(34)27(20)23)24(16-33)29(25)37-31(38-30)42-19-32-8-4-11-40(32)12-5-9-32/h3,6-7,14-15,17,21,35,41H,2,4-5,8-13,16,18-19H2,1H3/t21-/m1/s1. The molecule has 2 aromatic heterocycles. The number of phenols is 1. The molecule has 3 aliphatic rings. The Balaban J connectivity index is 1.39. The summed E-state index contributed by atoms with van der Waals surface area (Å²) in [6.07, 6.45) is 7.10. The molecule has 7 rings (SSSR count). The SMILES string of the molecule is CC[C@@H]1CN(c2nc(OCC34CCCN3CCC4)nc3c(CF)c(-c4cc(O)cc5cccc(F)c45)ncc23)CCN1. The Morgan fingerprint density at radius 1 is 1.14 bits per heavy atom. The fourth-order valence-electron chi connectivity index (χ4n) is 7.27. The van der Waals surface area contributed by atoms with Gasteiger partial charge in [0.05, 0.1) is 22.1 Å². The lowest BCUT2D eigenvalue weighted by Gasteiger charge is -2.35. The summed E-state index contributed by atoms with van der Waals surface area (Å²) >= 11 is 0. The van der Waals surface area contributed by atoms with E-state index in [1.54, 1.807) is 18.3 Å². The van der Waals surface area contributed by atoms with Gasteiger partial charge in [0.15, 0.2) is 0 Å². The highest BCUT2D eigenvalue weighted by atomic mass is 19.1. The molecule has 0 bridgehead atoms. The molecule has 0 radical (unpaired) electrons. The summed E-state index contributed by atoms with van der Waals surface area (Å²) in [4.78, 5) is 19.1. The second-order valence-electron chi connectivity index (χ2n) is 11.9. The number of aromatic nitrogens is 3. The number of anilines is 1. The van der Waals surface area contributed by atoms with E-state index in [1.165, 1.54) is 18.2 Å². The summed E-state index contributed by atoms with van der Waals surface area (Å²) < 4.78 is 36.6. The maximum Gasteiger partial charge on any atom is 0.319 e. The minimum Gasteiger partial charge on any atom is -0.508 e. The lowest BCUT2D eigenvalue weighted by Crippen LogP contribution is -2.50. The zero-order valence-electron chi connectivity index (χ0n) is 23.9. The Morgan fingerprint density at radius 3 is 2.76 bits per heavy atom. The summed E-state index contributed by atoms with van der Waals surface area (Å²) in [5, 5.41) is 15.4. The summed E-state index contributed by atoms with van der Waals surface area (Å²) in [6, 6.07) is 8.10. The van der Waals surface area contributed by atoms with Gasteiger partial charge in [0.1, 0.15) is 30.7 Å². The van der Waals surface area contributed by atoms with Crippen LogP contribution in [0.25, 0.3) is 32.9 Å². The van der Waals surface area contributed by atoms with E-state index in [4.69, 9.17) is 14.7 Å². The second kappa shape index (κ2) is 10.9. The minimum atomic E-state index is -0.877. The number of phenolic OH excluding ortho intramolecular Hbond substituents is 1. The fourth-order valence-corrected chi connectivity index (χ4v) is 7.27. The third kappa shape index (κ3) is 4.61. The molecule has 2 N–H and O–H groups in total. The highest BCUT2D eigenvalue weighted by Gasteiger charge is 2.45. The molecule has 3 fully saturated rings. The van der Waals surface area contributed by atoms with E-state index in [9.17, 15) is 5.11 Å². The van der Waals surface area contributed by atoms with E-state index in [0.717, 1.165) is 64.8 Å². The number of pyridine rings is 1. The van der Waals surface area contributed by atoms with E-state index in [2.05, 4.69) is 27.0 Å². The van der Waals surface area contributed by atoms with Crippen LogP contribution < -0.4 is 15.0 Å². The molecule has 5 heterocycles. The maximum atomic E-state index is 15.1. The first-order valence-electron chi connectivity index (χ1n) is 15.0. The molecule has 1 atom stereocenters. The number of aromatic hydroxyl groups is 1. The lowest BCUT2D eigenvalue weighted by molar-refractivity contribution is 0.108. The average Bonchev–Trinajstić information content (AvgIpc) is 3.59. The molecule has 0 unspecified atom stereocenters. The van der Waals surface area contributed by atoms with Crippen LogP contribution in [-0.2, 0) is 6.67 Å². The van der Waals surface area contributed by atoms with Gasteiger partial charge in [-0.1, -0.05) is 19.1 Å². The van der Waals surface area contributed by atoms with Gasteiger partial charge in [-0.15, -0.1) is 0 Å². The molecule has 42 heavy (non-hydrogen) atoms. The topological polar surface area (TPSA) is 86.6 Å². The van der Waals surface area contributed by atoms with Crippen molar-refractivity contribution in [3.8, 4) is 23.0 Å². The van der Waals surface area contributed by atoms with Gasteiger partial charge in [0, 0.05) is 48.4 Å². The third-order valence-corrected chi connectivity index (χ3v) is 9.43. The van der Waals surface area contributed by atoms with Gasteiger partial charge in [-0.2, -0.15) is 9.97 Å². The van der Waals surface area contributed by atoms with Gasteiger partial charge in [-0.05, 0) is 68.8 Å².